The summed E-state index contributed by atoms with van der Waals surface area (Å²) >= 11 is 0. The monoisotopic (exact) mass is 367 g/mol. The van der Waals surface area contributed by atoms with Gasteiger partial charge in [-0.25, -0.2) is 4.39 Å². The van der Waals surface area contributed by atoms with Gasteiger partial charge in [-0.15, -0.1) is 0 Å². The van der Waals surface area contributed by atoms with E-state index >= 15 is 0 Å². The lowest BCUT2D eigenvalue weighted by atomic mass is 9.89. The lowest BCUT2D eigenvalue weighted by Crippen LogP contribution is -2.40. The summed E-state index contributed by atoms with van der Waals surface area (Å²) in [7, 11) is 0. The Labute approximate surface area is 160 Å². The first-order chi connectivity index (χ1) is 13.1. The number of nitrogens with zero attached hydrogens (tertiary/aromatic N) is 2. The third-order valence-electron chi connectivity index (χ3n) is 5.59. The van der Waals surface area contributed by atoms with Crippen molar-refractivity contribution in [3.63, 3.8) is 0 Å². The predicted octanol–water partition coefficient (Wildman–Crippen LogP) is 4.00. The van der Waals surface area contributed by atoms with Gasteiger partial charge in [-0.1, -0.05) is 24.8 Å². The van der Waals surface area contributed by atoms with Gasteiger partial charge in [0.1, 0.15) is 23.9 Å². The SMILES string of the molecule is C=C(CN1CCC(c2ccc(F)cc2)CC1)N1CCOc2cccc(N)c21. The number of halogens is 1. The molecule has 0 unspecified atom stereocenters. The molecule has 0 bridgehead atoms. The van der Waals surface area contributed by atoms with E-state index in [-0.39, 0.29) is 5.82 Å². The van der Waals surface area contributed by atoms with Crippen molar-refractivity contribution >= 4 is 11.4 Å². The first kappa shape index (κ1) is 17.9. The second-order valence-corrected chi connectivity index (χ2v) is 7.36. The predicted molar refractivity (Wildman–Crippen MR) is 108 cm³/mol. The summed E-state index contributed by atoms with van der Waals surface area (Å²) in [5.74, 6) is 1.17. The summed E-state index contributed by atoms with van der Waals surface area (Å²) in [4.78, 5) is 4.64. The van der Waals surface area contributed by atoms with Gasteiger partial charge in [0.2, 0.25) is 0 Å². The fourth-order valence-electron chi connectivity index (χ4n) is 4.12. The van der Waals surface area contributed by atoms with Crippen LogP contribution in [0.1, 0.15) is 24.3 Å². The van der Waals surface area contributed by atoms with Crippen molar-refractivity contribution in [3.8, 4) is 5.75 Å². The van der Waals surface area contributed by atoms with Crippen LogP contribution in [-0.2, 0) is 0 Å². The van der Waals surface area contributed by atoms with Crippen molar-refractivity contribution in [1.82, 2.24) is 4.90 Å². The number of nitrogens with two attached hydrogens (primary N) is 1. The number of likely N-dealkylation sites (tertiary alicyclic amines) is 1. The van der Waals surface area contributed by atoms with Crippen molar-refractivity contribution in [2.45, 2.75) is 18.8 Å². The topological polar surface area (TPSA) is 41.7 Å². The van der Waals surface area contributed by atoms with Crippen LogP contribution in [0.15, 0.2) is 54.7 Å². The molecular weight excluding hydrogens is 341 g/mol. The van der Waals surface area contributed by atoms with Crippen LogP contribution >= 0.6 is 0 Å². The highest BCUT2D eigenvalue weighted by Gasteiger charge is 2.26. The summed E-state index contributed by atoms with van der Waals surface area (Å²) in [5, 5.41) is 0. The summed E-state index contributed by atoms with van der Waals surface area (Å²) in [6.45, 7) is 8.60. The van der Waals surface area contributed by atoms with E-state index in [1.165, 1.54) is 5.56 Å². The van der Waals surface area contributed by atoms with Gasteiger partial charge >= 0.3 is 0 Å². The number of hydrogen-bond donors (Lipinski definition) is 1. The van der Waals surface area contributed by atoms with E-state index in [0.29, 0.717) is 12.5 Å². The van der Waals surface area contributed by atoms with Gasteiger partial charge < -0.3 is 15.4 Å². The number of ether oxygens (including phenoxy) is 1. The first-order valence-corrected chi connectivity index (χ1v) is 9.56. The van der Waals surface area contributed by atoms with Crippen molar-refractivity contribution in [1.29, 1.82) is 0 Å². The molecule has 2 aromatic rings. The Morgan fingerprint density at radius 1 is 1.11 bits per heavy atom. The molecule has 4 nitrogen and oxygen atoms in total. The molecule has 0 saturated carbocycles. The van der Waals surface area contributed by atoms with E-state index in [2.05, 4.69) is 16.4 Å². The molecule has 2 N–H and O–H groups in total. The molecule has 5 heteroatoms. The van der Waals surface area contributed by atoms with Crippen molar-refractivity contribution < 1.29 is 9.13 Å². The van der Waals surface area contributed by atoms with Crippen LogP contribution in [0.25, 0.3) is 0 Å². The molecule has 0 atom stereocenters. The molecule has 1 fully saturated rings. The highest BCUT2D eigenvalue weighted by Crippen LogP contribution is 2.38. The number of anilines is 2. The number of benzene rings is 2. The average molecular weight is 367 g/mol. The largest absolute Gasteiger partial charge is 0.489 e. The molecule has 2 aliphatic rings. The summed E-state index contributed by atoms with van der Waals surface area (Å²) in [6.07, 6.45) is 2.17. The van der Waals surface area contributed by atoms with E-state index < -0.39 is 0 Å². The Hall–Kier alpha value is -2.53. The van der Waals surface area contributed by atoms with Crippen LogP contribution in [0, 0.1) is 5.82 Å². The van der Waals surface area contributed by atoms with Gasteiger partial charge in [0.25, 0.3) is 0 Å². The zero-order valence-corrected chi connectivity index (χ0v) is 15.5. The molecule has 27 heavy (non-hydrogen) atoms. The van der Waals surface area contributed by atoms with Crippen LogP contribution in [0.2, 0.25) is 0 Å². The van der Waals surface area contributed by atoms with Gasteiger partial charge in [0, 0.05) is 12.2 Å². The Morgan fingerprint density at radius 3 is 2.59 bits per heavy atom. The Balaban J connectivity index is 1.37. The number of nitrogen functional groups attached to an aromatic ring is 1. The van der Waals surface area contributed by atoms with Crippen molar-refractivity contribution in [2.24, 2.45) is 0 Å². The van der Waals surface area contributed by atoms with Crippen LogP contribution in [0.4, 0.5) is 15.8 Å². The van der Waals surface area contributed by atoms with E-state index in [1.54, 1.807) is 12.1 Å². The van der Waals surface area contributed by atoms with Crippen LogP contribution < -0.4 is 15.4 Å². The highest BCUT2D eigenvalue weighted by atomic mass is 19.1. The third-order valence-corrected chi connectivity index (χ3v) is 5.59. The number of piperidine rings is 1. The number of fused-ring (bicyclic) bond motifs is 1. The lowest BCUT2D eigenvalue weighted by molar-refractivity contribution is 0.225. The van der Waals surface area contributed by atoms with Crippen LogP contribution in [0.3, 0.4) is 0 Å². The third kappa shape index (κ3) is 3.78. The first-order valence-electron chi connectivity index (χ1n) is 9.56. The highest BCUT2D eigenvalue weighted by molar-refractivity contribution is 5.77. The Kier molecular flexibility index (Phi) is 5.03. The Bertz CT molecular complexity index is 813. The van der Waals surface area contributed by atoms with Crippen LogP contribution in [-0.4, -0.2) is 37.7 Å². The maximum atomic E-state index is 13.1. The molecule has 142 valence electrons. The molecule has 4 rings (SSSR count). The standard InChI is InChI=1S/C22H26FN3O/c1-16(26-13-14-27-21-4-2-3-20(24)22(21)26)15-25-11-9-18(10-12-25)17-5-7-19(23)8-6-17/h2-8,18H,1,9-15,24H2. The zero-order chi connectivity index (χ0) is 18.8. The fourth-order valence-corrected chi connectivity index (χ4v) is 4.12. The molecular formula is C22H26FN3O. The quantitative estimate of drug-likeness (QED) is 0.830. The van der Waals surface area contributed by atoms with E-state index in [1.807, 2.05) is 30.3 Å². The minimum absolute atomic E-state index is 0.169. The second-order valence-electron chi connectivity index (χ2n) is 7.36. The molecule has 0 radical (unpaired) electrons. The molecule has 0 spiro atoms. The maximum Gasteiger partial charge on any atom is 0.145 e. The maximum absolute atomic E-state index is 13.1. The molecule has 2 aromatic carbocycles. The van der Waals surface area contributed by atoms with Crippen molar-refractivity contribution in [2.75, 3.05) is 43.4 Å². The molecule has 0 amide bonds. The molecule has 0 aromatic heterocycles. The van der Waals surface area contributed by atoms with Gasteiger partial charge in [-0.3, -0.25) is 4.90 Å². The zero-order valence-electron chi connectivity index (χ0n) is 15.5. The normalized spacial score (nSPS) is 18.0. The smallest absolute Gasteiger partial charge is 0.145 e. The number of para-hydroxylation sites is 1. The summed E-state index contributed by atoms with van der Waals surface area (Å²) in [5.41, 5.74) is 10.2. The van der Waals surface area contributed by atoms with Gasteiger partial charge in [-0.2, -0.15) is 0 Å². The van der Waals surface area contributed by atoms with Crippen LogP contribution in [0.5, 0.6) is 5.75 Å². The lowest BCUT2D eigenvalue weighted by Gasteiger charge is -2.37. The van der Waals surface area contributed by atoms with E-state index in [0.717, 1.165) is 61.8 Å². The minimum atomic E-state index is -0.169. The molecule has 2 heterocycles. The van der Waals surface area contributed by atoms with Crippen molar-refractivity contribution in [3.05, 3.63) is 66.1 Å². The Morgan fingerprint density at radius 2 is 1.85 bits per heavy atom. The molecule has 2 aliphatic heterocycles. The number of rotatable bonds is 4. The summed E-state index contributed by atoms with van der Waals surface area (Å²) < 4.78 is 18.9. The van der Waals surface area contributed by atoms with E-state index in [9.17, 15) is 4.39 Å². The van der Waals surface area contributed by atoms with Gasteiger partial charge in [0.15, 0.2) is 0 Å². The summed E-state index contributed by atoms with van der Waals surface area (Å²) in [6, 6.07) is 12.7. The second kappa shape index (κ2) is 7.61. The number of hydrogen-bond acceptors (Lipinski definition) is 4. The van der Waals surface area contributed by atoms with Gasteiger partial charge in [0.05, 0.1) is 12.2 Å². The van der Waals surface area contributed by atoms with E-state index in [4.69, 9.17) is 10.5 Å². The molecule has 0 aliphatic carbocycles. The average Bonchev–Trinajstić information content (AvgIpc) is 2.69. The fraction of sp³-hybridized carbons (Fsp3) is 0.364. The minimum Gasteiger partial charge on any atom is -0.489 e. The molecule has 1 saturated heterocycles. The van der Waals surface area contributed by atoms with Gasteiger partial charge in [-0.05, 0) is 61.7 Å².